The maximum atomic E-state index is 14.1. The number of hydrogen-bond acceptors (Lipinski definition) is 7. The van der Waals surface area contributed by atoms with E-state index in [0.717, 1.165) is 45.8 Å². The van der Waals surface area contributed by atoms with Gasteiger partial charge in [-0.1, -0.05) is 20.8 Å². The molecule has 2 aromatic rings. The maximum absolute atomic E-state index is 14.1. The molecule has 0 unspecified atom stereocenters. The van der Waals surface area contributed by atoms with E-state index in [0.29, 0.717) is 13.0 Å². The van der Waals surface area contributed by atoms with Gasteiger partial charge >= 0.3 is 239 Å². The topological polar surface area (TPSA) is 59.1 Å². The monoisotopic (exact) mass is 690 g/mol. The normalized spacial score (nSPS) is 26.8. The molecule has 2 aromatic carbocycles. The molecule has 0 amide bonds. The SMILES string of the molecule is COC(=O)[C@@H]1[C@@H](C(=O)[Te]c2ccccc2)CC[C@]23N(CC#CCSC(C)(C)C)CC[C@]12c1cc(OC)ccc1N3C. The van der Waals surface area contributed by atoms with Crippen LogP contribution in [0.3, 0.4) is 0 Å². The van der Waals surface area contributed by atoms with Crippen molar-refractivity contribution in [3.63, 3.8) is 0 Å². The second-order valence-corrected chi connectivity index (χ2v) is 16.9. The van der Waals surface area contributed by atoms with Gasteiger partial charge in [0.1, 0.15) is 0 Å². The summed E-state index contributed by atoms with van der Waals surface area (Å²) in [6.07, 6.45) is 2.19. The van der Waals surface area contributed by atoms with E-state index < -0.39 is 37.9 Å². The first-order chi connectivity index (χ1) is 19.6. The molecule has 0 spiro atoms. The summed E-state index contributed by atoms with van der Waals surface area (Å²) in [4.78, 5) is 32.8. The molecule has 6 nitrogen and oxygen atoms in total. The van der Waals surface area contributed by atoms with Crippen molar-refractivity contribution in [1.82, 2.24) is 4.90 Å². The Morgan fingerprint density at radius 1 is 1.10 bits per heavy atom. The van der Waals surface area contributed by atoms with Gasteiger partial charge in [-0.3, -0.25) is 0 Å². The minimum atomic E-state index is -1.13. The van der Waals surface area contributed by atoms with E-state index >= 15 is 0 Å². The van der Waals surface area contributed by atoms with E-state index in [2.05, 4.69) is 61.6 Å². The third-order valence-corrected chi connectivity index (χ3v) is 13.1. The first-order valence-corrected chi connectivity index (χ1v) is 17.5. The van der Waals surface area contributed by atoms with Crippen molar-refractivity contribution < 1.29 is 19.1 Å². The van der Waals surface area contributed by atoms with Gasteiger partial charge in [-0.15, -0.1) is 0 Å². The summed E-state index contributed by atoms with van der Waals surface area (Å²) in [5, 5.41) is 0. The standard InChI is InChI=1S/C33H40N2O4STe/c1-31(2,3)40-21-11-10-19-35-20-18-32-26-22-23(38-5)14-15-27(26)34(4)33(32,35)17-16-25(28(32)29(36)39-6)30(37)41-24-12-8-7-9-13-24/h7-9,12-15,22,25,28H,16-21H2,1-6H3/t25-,28-,32-,33-/m0/s1. The molecule has 0 bridgehead atoms. The molecule has 2 fully saturated rings. The molecule has 2 heterocycles. The van der Waals surface area contributed by atoms with Gasteiger partial charge in [0, 0.05) is 0 Å². The Morgan fingerprint density at radius 2 is 1.85 bits per heavy atom. The number of nitrogens with zero attached hydrogens (tertiary/aromatic N) is 2. The van der Waals surface area contributed by atoms with Crippen LogP contribution in [0.15, 0.2) is 48.5 Å². The van der Waals surface area contributed by atoms with Crippen molar-refractivity contribution in [1.29, 1.82) is 0 Å². The molecule has 8 heteroatoms. The molecule has 1 saturated carbocycles. The van der Waals surface area contributed by atoms with Crippen LogP contribution in [0.2, 0.25) is 0 Å². The Hall–Kier alpha value is -2.16. The average molecular weight is 688 g/mol. The second kappa shape index (κ2) is 11.8. The van der Waals surface area contributed by atoms with Crippen LogP contribution in [0.4, 0.5) is 5.69 Å². The Kier molecular flexibility index (Phi) is 8.76. The van der Waals surface area contributed by atoms with Crippen LogP contribution in [0.5, 0.6) is 5.75 Å². The summed E-state index contributed by atoms with van der Waals surface area (Å²) in [6.45, 7) is 8.04. The van der Waals surface area contributed by atoms with Crippen molar-refractivity contribution in [3.05, 3.63) is 54.1 Å². The number of methoxy groups -OCH3 is 2. The number of likely N-dealkylation sites (N-methyl/N-ethyl adjacent to an activating group) is 1. The number of hydrogen-bond donors (Lipinski definition) is 0. The fourth-order valence-corrected chi connectivity index (χ4v) is 10.7. The molecular weight excluding hydrogens is 648 g/mol. The second-order valence-electron chi connectivity index (χ2n) is 12.0. The van der Waals surface area contributed by atoms with Crippen molar-refractivity contribution in [2.45, 2.75) is 55.9 Å². The number of carbonyl (C=O) groups excluding carboxylic acids is 2. The molecule has 0 N–H and O–H groups in total. The van der Waals surface area contributed by atoms with Crippen LogP contribution >= 0.6 is 11.8 Å². The fourth-order valence-electron chi connectivity index (χ4n) is 7.41. The summed E-state index contributed by atoms with van der Waals surface area (Å²) in [6, 6.07) is 16.2. The first kappa shape index (κ1) is 30.3. The third kappa shape index (κ3) is 5.18. The van der Waals surface area contributed by atoms with Crippen LogP contribution in [-0.4, -0.2) is 86.1 Å². The molecule has 0 aromatic heterocycles. The number of thioether (sulfide) groups is 1. The van der Waals surface area contributed by atoms with Crippen LogP contribution in [-0.2, 0) is 19.7 Å². The van der Waals surface area contributed by atoms with Crippen molar-refractivity contribution >= 4 is 51.8 Å². The van der Waals surface area contributed by atoms with Crippen molar-refractivity contribution in [2.75, 3.05) is 45.0 Å². The minimum absolute atomic E-state index is 0.171. The predicted molar refractivity (Wildman–Crippen MR) is 167 cm³/mol. The van der Waals surface area contributed by atoms with Crippen LogP contribution in [0.25, 0.3) is 0 Å². The van der Waals surface area contributed by atoms with Crippen molar-refractivity contribution in [2.24, 2.45) is 11.8 Å². The van der Waals surface area contributed by atoms with Gasteiger partial charge in [0.2, 0.25) is 0 Å². The molecule has 3 aliphatic rings. The molecule has 218 valence electrons. The van der Waals surface area contributed by atoms with Gasteiger partial charge in [0.15, 0.2) is 0 Å². The van der Waals surface area contributed by atoms with E-state index in [4.69, 9.17) is 9.47 Å². The van der Waals surface area contributed by atoms with Gasteiger partial charge in [-0.2, -0.15) is 0 Å². The summed E-state index contributed by atoms with van der Waals surface area (Å²) in [5.41, 5.74) is 1.10. The van der Waals surface area contributed by atoms with E-state index in [9.17, 15) is 9.59 Å². The Labute approximate surface area is 259 Å². The zero-order valence-corrected chi connectivity index (χ0v) is 28.0. The van der Waals surface area contributed by atoms with Crippen LogP contribution < -0.4 is 13.2 Å². The zero-order valence-electron chi connectivity index (χ0n) is 24.9. The van der Waals surface area contributed by atoms with E-state index in [1.54, 1.807) is 7.11 Å². The first-order valence-electron chi connectivity index (χ1n) is 14.2. The summed E-state index contributed by atoms with van der Waals surface area (Å²) in [7, 11) is 5.28. The number of likely N-dealkylation sites (tertiary alicyclic amines) is 1. The Bertz CT molecular complexity index is 1370. The molecular formula is C33H40N2O4STe. The number of anilines is 1. The number of rotatable bonds is 7. The molecule has 1 saturated heterocycles. The quantitative estimate of drug-likeness (QED) is 0.247. The van der Waals surface area contributed by atoms with Gasteiger partial charge < -0.3 is 0 Å². The molecule has 41 heavy (non-hydrogen) atoms. The third-order valence-electron chi connectivity index (χ3n) is 9.04. The Morgan fingerprint density at radius 3 is 2.54 bits per heavy atom. The number of esters is 1. The van der Waals surface area contributed by atoms with E-state index in [-0.39, 0.29) is 20.5 Å². The number of ether oxygens (including phenoxy) is 2. The summed E-state index contributed by atoms with van der Waals surface area (Å²) >= 11 is 0.717. The van der Waals surface area contributed by atoms with Gasteiger partial charge in [-0.05, 0) is 0 Å². The van der Waals surface area contributed by atoms with Crippen molar-refractivity contribution in [3.8, 4) is 17.6 Å². The molecule has 5 rings (SSSR count). The number of benzene rings is 2. The van der Waals surface area contributed by atoms with Crippen LogP contribution in [0.1, 0.15) is 45.6 Å². The van der Waals surface area contributed by atoms with Gasteiger partial charge in [0.05, 0.1) is 0 Å². The van der Waals surface area contributed by atoms with E-state index in [1.165, 1.54) is 7.11 Å². The predicted octanol–water partition coefficient (Wildman–Crippen LogP) is 4.08. The number of fused-ring (bicyclic) bond motifs is 1. The van der Waals surface area contributed by atoms with E-state index in [1.807, 2.05) is 48.2 Å². The zero-order chi connectivity index (χ0) is 29.4. The molecule has 0 radical (unpaired) electrons. The molecule has 2 aliphatic heterocycles. The molecule has 4 atom stereocenters. The molecule has 1 aliphatic carbocycles. The number of carbonyl (C=O) groups is 2. The van der Waals surface area contributed by atoms with Gasteiger partial charge in [-0.25, -0.2) is 0 Å². The Balaban J connectivity index is 1.58. The average Bonchev–Trinajstić information content (AvgIpc) is 3.41. The summed E-state index contributed by atoms with van der Waals surface area (Å²) < 4.78 is 12.7. The summed E-state index contributed by atoms with van der Waals surface area (Å²) in [5.74, 6) is 7.15. The van der Waals surface area contributed by atoms with Gasteiger partial charge in [0.25, 0.3) is 0 Å². The fraction of sp³-hybridized carbons (Fsp3) is 0.515. The van der Waals surface area contributed by atoms with Crippen LogP contribution in [0, 0.1) is 23.7 Å².